The van der Waals surface area contributed by atoms with Crippen molar-refractivity contribution < 1.29 is 9.53 Å². The number of carbonyl (C=O) groups is 1. The number of aryl methyl sites for hydroxylation is 2. The number of imidazole rings is 1. The van der Waals surface area contributed by atoms with E-state index in [0.717, 1.165) is 34.5 Å². The van der Waals surface area contributed by atoms with E-state index in [0.29, 0.717) is 5.56 Å². The highest BCUT2D eigenvalue weighted by Gasteiger charge is 2.13. The summed E-state index contributed by atoms with van der Waals surface area (Å²) < 4.78 is 7.14. The first-order chi connectivity index (χ1) is 13.6. The number of fused-ring (bicyclic) bond motifs is 1. The van der Waals surface area contributed by atoms with Crippen LogP contribution in [0.5, 0.6) is 0 Å². The lowest BCUT2D eigenvalue weighted by Gasteiger charge is -2.11. The normalized spacial score (nSPS) is 11.0. The summed E-state index contributed by atoms with van der Waals surface area (Å²) in [7, 11) is 1.40. The van der Waals surface area contributed by atoms with Crippen molar-refractivity contribution in [2.24, 2.45) is 0 Å². The van der Waals surface area contributed by atoms with Gasteiger partial charge in [-0.15, -0.1) is 0 Å². The van der Waals surface area contributed by atoms with Gasteiger partial charge < -0.3 is 9.30 Å². The van der Waals surface area contributed by atoms with E-state index in [-0.39, 0.29) is 5.97 Å². The molecule has 28 heavy (non-hydrogen) atoms. The molecular weight excluding hydrogens is 348 g/mol. The van der Waals surface area contributed by atoms with Crippen LogP contribution in [0.2, 0.25) is 0 Å². The van der Waals surface area contributed by atoms with E-state index >= 15 is 0 Å². The Bertz CT molecular complexity index is 1160. The second-order valence-corrected chi connectivity index (χ2v) is 6.97. The molecule has 0 saturated heterocycles. The zero-order valence-electron chi connectivity index (χ0n) is 16.3. The van der Waals surface area contributed by atoms with Crippen molar-refractivity contribution in [3.8, 4) is 11.1 Å². The maximum atomic E-state index is 12.0. The molecule has 0 radical (unpaired) electrons. The number of carbonyl (C=O) groups excluding carboxylic acids is 1. The van der Waals surface area contributed by atoms with Crippen molar-refractivity contribution >= 4 is 17.0 Å². The fourth-order valence-corrected chi connectivity index (χ4v) is 3.55. The molecular formula is C24H22N2O2. The Morgan fingerprint density at radius 1 is 1.00 bits per heavy atom. The Labute approximate surface area is 164 Å². The van der Waals surface area contributed by atoms with Gasteiger partial charge in [-0.1, -0.05) is 48.5 Å². The largest absolute Gasteiger partial charge is 0.465 e. The van der Waals surface area contributed by atoms with Crippen molar-refractivity contribution in [2.75, 3.05) is 7.11 Å². The molecule has 0 N–H and O–H groups in total. The Morgan fingerprint density at radius 3 is 2.50 bits per heavy atom. The summed E-state index contributed by atoms with van der Waals surface area (Å²) in [4.78, 5) is 16.7. The van der Waals surface area contributed by atoms with E-state index in [2.05, 4.69) is 58.9 Å². The third-order valence-electron chi connectivity index (χ3n) is 5.03. The summed E-state index contributed by atoms with van der Waals surface area (Å²) in [5.74, 6) is 0.677. The van der Waals surface area contributed by atoms with Crippen LogP contribution in [-0.2, 0) is 11.3 Å². The minimum absolute atomic E-state index is 0.324. The monoisotopic (exact) mass is 370 g/mol. The quantitative estimate of drug-likeness (QED) is 0.466. The number of benzene rings is 3. The molecule has 4 aromatic rings. The van der Waals surface area contributed by atoms with Crippen LogP contribution in [0, 0.1) is 13.8 Å². The maximum absolute atomic E-state index is 12.0. The minimum atomic E-state index is -0.324. The molecule has 0 aliphatic heterocycles. The number of aromatic nitrogens is 2. The van der Waals surface area contributed by atoms with Gasteiger partial charge in [-0.05, 0) is 54.3 Å². The van der Waals surface area contributed by atoms with Crippen LogP contribution >= 0.6 is 0 Å². The number of esters is 1. The second-order valence-electron chi connectivity index (χ2n) is 6.97. The number of nitrogens with zero attached hydrogens (tertiary/aromatic N) is 2. The molecule has 140 valence electrons. The van der Waals surface area contributed by atoms with Crippen LogP contribution in [-0.4, -0.2) is 22.6 Å². The number of methoxy groups -OCH3 is 1. The predicted molar refractivity (Wildman–Crippen MR) is 112 cm³/mol. The van der Waals surface area contributed by atoms with Crippen LogP contribution in [0.25, 0.3) is 22.2 Å². The Morgan fingerprint density at radius 2 is 1.75 bits per heavy atom. The number of hydrogen-bond acceptors (Lipinski definition) is 3. The Kier molecular flexibility index (Phi) is 4.70. The van der Waals surface area contributed by atoms with Crippen molar-refractivity contribution in [3.63, 3.8) is 0 Å². The molecule has 1 aromatic heterocycles. The van der Waals surface area contributed by atoms with Gasteiger partial charge in [0.25, 0.3) is 0 Å². The summed E-state index contributed by atoms with van der Waals surface area (Å²) in [5.41, 5.74) is 7.02. The molecule has 4 nitrogen and oxygen atoms in total. The van der Waals surface area contributed by atoms with Crippen molar-refractivity contribution in [1.82, 2.24) is 9.55 Å². The lowest BCUT2D eigenvalue weighted by Crippen LogP contribution is -2.04. The molecule has 4 heteroatoms. The van der Waals surface area contributed by atoms with Crippen LogP contribution in [0.3, 0.4) is 0 Å². The molecule has 0 atom stereocenters. The molecule has 1 heterocycles. The molecule has 0 fully saturated rings. The summed E-state index contributed by atoms with van der Waals surface area (Å²) in [6.07, 6.45) is 0. The van der Waals surface area contributed by atoms with E-state index in [4.69, 9.17) is 4.74 Å². The van der Waals surface area contributed by atoms with Gasteiger partial charge in [0.2, 0.25) is 0 Å². The molecule has 0 aliphatic carbocycles. The van der Waals surface area contributed by atoms with Crippen molar-refractivity contribution in [3.05, 3.63) is 89.2 Å². The highest BCUT2D eigenvalue weighted by Crippen LogP contribution is 2.26. The number of hydrogen-bond donors (Lipinski definition) is 0. The van der Waals surface area contributed by atoms with Gasteiger partial charge in [0.05, 0.1) is 23.7 Å². The zero-order chi connectivity index (χ0) is 19.7. The fraction of sp³-hybridized carbons (Fsp3) is 0.167. The molecule has 0 aliphatic rings. The minimum Gasteiger partial charge on any atom is -0.465 e. The van der Waals surface area contributed by atoms with Crippen molar-refractivity contribution in [2.45, 2.75) is 20.4 Å². The van der Waals surface area contributed by atoms with Gasteiger partial charge in [0.15, 0.2) is 0 Å². The molecule has 3 aromatic carbocycles. The molecule has 0 bridgehead atoms. The zero-order valence-corrected chi connectivity index (χ0v) is 16.3. The summed E-state index contributed by atoms with van der Waals surface area (Å²) in [5, 5.41) is 0. The lowest BCUT2D eigenvalue weighted by atomic mass is 9.98. The van der Waals surface area contributed by atoms with Gasteiger partial charge in [-0.2, -0.15) is 0 Å². The standard InChI is InChI=1S/C24H22N2O2/c1-16-8-13-22-23(14-16)26(17(2)25-22)15-18-9-11-19(12-10-18)20-6-4-5-7-21(20)24(27)28-3/h4-14H,15H2,1-3H3. The molecule has 0 unspecified atom stereocenters. The summed E-state index contributed by atoms with van der Waals surface area (Å²) >= 11 is 0. The first-order valence-corrected chi connectivity index (χ1v) is 9.27. The topological polar surface area (TPSA) is 44.1 Å². The molecule has 4 rings (SSSR count). The van der Waals surface area contributed by atoms with Crippen LogP contribution in [0.15, 0.2) is 66.7 Å². The summed E-state index contributed by atoms with van der Waals surface area (Å²) in [6.45, 7) is 4.89. The number of ether oxygens (including phenoxy) is 1. The van der Waals surface area contributed by atoms with Crippen molar-refractivity contribution in [1.29, 1.82) is 0 Å². The van der Waals surface area contributed by atoms with E-state index in [1.165, 1.54) is 18.2 Å². The van der Waals surface area contributed by atoms with Crippen LogP contribution in [0.1, 0.15) is 27.3 Å². The molecule has 0 saturated carbocycles. The van der Waals surface area contributed by atoms with E-state index in [1.54, 1.807) is 6.07 Å². The van der Waals surface area contributed by atoms with E-state index < -0.39 is 0 Å². The first kappa shape index (κ1) is 18.0. The molecule has 0 spiro atoms. The third-order valence-corrected chi connectivity index (χ3v) is 5.03. The van der Waals surface area contributed by atoms with Gasteiger partial charge >= 0.3 is 5.97 Å². The van der Waals surface area contributed by atoms with Gasteiger partial charge in [0, 0.05) is 6.54 Å². The van der Waals surface area contributed by atoms with E-state index in [9.17, 15) is 4.79 Å². The molecule has 0 amide bonds. The fourth-order valence-electron chi connectivity index (χ4n) is 3.55. The van der Waals surface area contributed by atoms with Gasteiger partial charge in [0.1, 0.15) is 5.82 Å². The number of rotatable bonds is 4. The highest BCUT2D eigenvalue weighted by molar-refractivity contribution is 5.97. The average Bonchev–Trinajstić information content (AvgIpc) is 3.02. The van der Waals surface area contributed by atoms with E-state index in [1.807, 2.05) is 25.1 Å². The third kappa shape index (κ3) is 3.29. The van der Waals surface area contributed by atoms with Crippen LogP contribution in [0.4, 0.5) is 0 Å². The van der Waals surface area contributed by atoms with Gasteiger partial charge in [-0.3, -0.25) is 0 Å². The summed E-state index contributed by atoms with van der Waals surface area (Å²) in [6, 6.07) is 22.2. The van der Waals surface area contributed by atoms with Crippen LogP contribution < -0.4 is 0 Å². The Hall–Kier alpha value is -3.40. The Balaban J connectivity index is 1.66. The predicted octanol–water partition coefficient (Wildman–Crippen LogP) is 5.16. The second kappa shape index (κ2) is 7.31. The smallest absolute Gasteiger partial charge is 0.338 e. The SMILES string of the molecule is COC(=O)c1ccccc1-c1ccc(Cn2c(C)nc3ccc(C)cc32)cc1. The lowest BCUT2D eigenvalue weighted by molar-refractivity contribution is 0.0601. The first-order valence-electron chi connectivity index (χ1n) is 9.27. The highest BCUT2D eigenvalue weighted by atomic mass is 16.5. The van der Waals surface area contributed by atoms with Gasteiger partial charge in [-0.25, -0.2) is 9.78 Å². The average molecular weight is 370 g/mol. The maximum Gasteiger partial charge on any atom is 0.338 e.